The summed E-state index contributed by atoms with van der Waals surface area (Å²) < 4.78 is 57.3. The normalized spacial score (nSPS) is 17.3. The number of hydrogen-bond acceptors (Lipinski definition) is 5. The Labute approximate surface area is 141 Å². The quantitative estimate of drug-likeness (QED) is 0.777. The Morgan fingerprint density at radius 3 is 2.48 bits per heavy atom. The van der Waals surface area contributed by atoms with Crippen LogP contribution in [0.3, 0.4) is 0 Å². The lowest BCUT2D eigenvalue weighted by atomic mass is 10.2. The summed E-state index contributed by atoms with van der Waals surface area (Å²) in [5, 5.41) is 0.341. The minimum Gasteiger partial charge on any atom is -0.379 e. The van der Waals surface area contributed by atoms with Crippen LogP contribution in [0.15, 0.2) is 23.1 Å². The van der Waals surface area contributed by atoms with E-state index in [9.17, 15) is 16.8 Å². The Kier molecular flexibility index (Phi) is 6.04. The van der Waals surface area contributed by atoms with Crippen LogP contribution >= 0.6 is 11.6 Å². The Balaban J connectivity index is 1.97. The first-order valence-corrected chi connectivity index (χ1v) is 10.5. The molecule has 1 heterocycles. The van der Waals surface area contributed by atoms with E-state index in [2.05, 4.69) is 4.72 Å². The van der Waals surface area contributed by atoms with Crippen molar-refractivity contribution in [1.29, 1.82) is 0 Å². The number of benzene rings is 1. The van der Waals surface area contributed by atoms with Crippen LogP contribution in [0, 0.1) is 6.92 Å². The molecule has 23 heavy (non-hydrogen) atoms. The first-order chi connectivity index (χ1) is 10.7. The summed E-state index contributed by atoms with van der Waals surface area (Å²) >= 11 is 5.92. The number of nitrogens with zero attached hydrogens (tertiary/aromatic N) is 1. The number of aryl methyl sites for hydroxylation is 1. The van der Waals surface area contributed by atoms with Gasteiger partial charge in [-0.25, -0.2) is 21.6 Å². The molecule has 1 aliphatic rings. The third-order valence-electron chi connectivity index (χ3n) is 3.47. The van der Waals surface area contributed by atoms with E-state index in [0.29, 0.717) is 31.3 Å². The van der Waals surface area contributed by atoms with Crippen LogP contribution in [-0.2, 0) is 24.8 Å². The summed E-state index contributed by atoms with van der Waals surface area (Å²) in [5.74, 6) is -0.300. The second kappa shape index (κ2) is 7.45. The van der Waals surface area contributed by atoms with Crippen molar-refractivity contribution in [2.75, 3.05) is 38.6 Å². The Hall–Kier alpha value is -0.710. The fraction of sp³-hybridized carbons (Fsp3) is 0.538. The second-order valence-corrected chi connectivity index (χ2v) is 9.40. The molecular weight excluding hydrogens is 364 g/mol. The molecule has 0 bridgehead atoms. The molecule has 10 heteroatoms. The maximum absolute atomic E-state index is 12.2. The molecule has 2 rings (SSSR count). The molecule has 1 aliphatic heterocycles. The molecule has 0 saturated carbocycles. The van der Waals surface area contributed by atoms with Crippen molar-refractivity contribution in [1.82, 2.24) is 9.03 Å². The first kappa shape index (κ1) is 18.6. The first-order valence-electron chi connectivity index (χ1n) is 7.04. The highest BCUT2D eigenvalue weighted by molar-refractivity contribution is 7.90. The maximum atomic E-state index is 12.2. The summed E-state index contributed by atoms with van der Waals surface area (Å²) in [6.07, 6.45) is 0. The lowest BCUT2D eigenvalue weighted by Crippen LogP contribution is -2.43. The summed E-state index contributed by atoms with van der Waals surface area (Å²) in [7, 11) is -7.30. The van der Waals surface area contributed by atoms with Gasteiger partial charge in [0.05, 0.1) is 23.9 Å². The van der Waals surface area contributed by atoms with Crippen LogP contribution in [0.5, 0.6) is 0 Å². The fourth-order valence-corrected chi connectivity index (χ4v) is 4.84. The van der Waals surface area contributed by atoms with E-state index in [1.165, 1.54) is 16.4 Å². The highest BCUT2D eigenvalue weighted by Crippen LogP contribution is 2.19. The zero-order valence-corrected chi connectivity index (χ0v) is 15.0. The van der Waals surface area contributed by atoms with E-state index in [0.717, 1.165) is 5.56 Å². The SMILES string of the molecule is Cc1ccc(S(=O)(=O)NCCS(=O)(=O)N2CCOCC2)cc1Cl. The molecular formula is C13H19ClN2O5S2. The molecule has 0 amide bonds. The predicted octanol–water partition coefficient (Wildman–Crippen LogP) is 0.589. The molecule has 0 aromatic heterocycles. The third-order valence-corrected chi connectivity index (χ3v) is 7.21. The Bertz CT molecular complexity index is 759. The van der Waals surface area contributed by atoms with Crippen molar-refractivity contribution in [3.8, 4) is 0 Å². The van der Waals surface area contributed by atoms with E-state index < -0.39 is 20.0 Å². The summed E-state index contributed by atoms with van der Waals surface area (Å²) in [6, 6.07) is 4.37. The molecule has 1 fully saturated rings. The predicted molar refractivity (Wildman–Crippen MR) is 87.6 cm³/mol. The van der Waals surface area contributed by atoms with Gasteiger partial charge in [0.25, 0.3) is 0 Å². The Morgan fingerprint density at radius 2 is 1.87 bits per heavy atom. The van der Waals surface area contributed by atoms with Crippen LogP contribution < -0.4 is 4.72 Å². The monoisotopic (exact) mass is 382 g/mol. The molecule has 1 saturated heterocycles. The van der Waals surface area contributed by atoms with E-state index in [-0.39, 0.29) is 17.2 Å². The fourth-order valence-electron chi connectivity index (χ4n) is 2.08. The van der Waals surface area contributed by atoms with Gasteiger partial charge in [0, 0.05) is 24.7 Å². The molecule has 130 valence electrons. The molecule has 0 atom stereocenters. The van der Waals surface area contributed by atoms with Crippen LogP contribution in [-0.4, -0.2) is 59.7 Å². The van der Waals surface area contributed by atoms with E-state index in [1.807, 2.05) is 0 Å². The highest BCUT2D eigenvalue weighted by Gasteiger charge is 2.25. The zero-order valence-electron chi connectivity index (χ0n) is 12.7. The van der Waals surface area contributed by atoms with Gasteiger partial charge in [-0.3, -0.25) is 0 Å². The lowest BCUT2D eigenvalue weighted by molar-refractivity contribution is 0.0730. The number of halogens is 1. The number of nitrogens with one attached hydrogen (secondary N) is 1. The molecule has 1 N–H and O–H groups in total. The van der Waals surface area contributed by atoms with Gasteiger partial charge in [-0.15, -0.1) is 0 Å². The van der Waals surface area contributed by atoms with Gasteiger partial charge in [-0.05, 0) is 24.6 Å². The van der Waals surface area contributed by atoms with Gasteiger partial charge in [-0.2, -0.15) is 4.31 Å². The zero-order chi connectivity index (χ0) is 17.1. The van der Waals surface area contributed by atoms with Crippen molar-refractivity contribution >= 4 is 31.6 Å². The van der Waals surface area contributed by atoms with Crippen LogP contribution in [0.1, 0.15) is 5.56 Å². The highest BCUT2D eigenvalue weighted by atomic mass is 35.5. The molecule has 1 aromatic carbocycles. The number of morpholine rings is 1. The summed E-state index contributed by atoms with van der Waals surface area (Å²) in [4.78, 5) is 0.0110. The Morgan fingerprint density at radius 1 is 1.22 bits per heavy atom. The number of sulfonamides is 2. The van der Waals surface area contributed by atoms with Gasteiger partial charge in [-0.1, -0.05) is 17.7 Å². The topological polar surface area (TPSA) is 92.8 Å². The largest absolute Gasteiger partial charge is 0.379 e. The summed E-state index contributed by atoms with van der Waals surface area (Å²) in [5.41, 5.74) is 0.764. The van der Waals surface area contributed by atoms with Crippen LogP contribution in [0.25, 0.3) is 0 Å². The lowest BCUT2D eigenvalue weighted by Gasteiger charge is -2.26. The maximum Gasteiger partial charge on any atom is 0.240 e. The molecule has 1 aromatic rings. The third kappa shape index (κ3) is 4.88. The van der Waals surface area contributed by atoms with Gasteiger partial charge < -0.3 is 4.74 Å². The molecule has 0 spiro atoms. The average molecular weight is 383 g/mol. The van der Waals surface area contributed by atoms with Crippen LogP contribution in [0.2, 0.25) is 5.02 Å². The number of hydrogen-bond donors (Lipinski definition) is 1. The van der Waals surface area contributed by atoms with Gasteiger partial charge in [0.2, 0.25) is 20.0 Å². The average Bonchev–Trinajstić information content (AvgIpc) is 2.50. The number of rotatable bonds is 6. The molecule has 0 aliphatic carbocycles. The minimum atomic E-state index is -3.79. The van der Waals surface area contributed by atoms with Crippen molar-refractivity contribution in [3.05, 3.63) is 28.8 Å². The van der Waals surface area contributed by atoms with Gasteiger partial charge in [0.1, 0.15) is 0 Å². The number of ether oxygens (including phenoxy) is 1. The standard InChI is InChI=1S/C13H19ClN2O5S2/c1-11-2-3-12(10-13(11)14)23(19,20)15-4-9-22(17,18)16-5-7-21-8-6-16/h2-3,10,15H,4-9H2,1H3. The molecule has 7 nitrogen and oxygen atoms in total. The van der Waals surface area contributed by atoms with Crippen molar-refractivity contribution in [3.63, 3.8) is 0 Å². The van der Waals surface area contributed by atoms with E-state index in [1.54, 1.807) is 13.0 Å². The van der Waals surface area contributed by atoms with Crippen molar-refractivity contribution in [2.45, 2.75) is 11.8 Å². The minimum absolute atomic E-state index is 0.0110. The van der Waals surface area contributed by atoms with Crippen molar-refractivity contribution in [2.24, 2.45) is 0 Å². The van der Waals surface area contributed by atoms with Crippen molar-refractivity contribution < 1.29 is 21.6 Å². The van der Waals surface area contributed by atoms with Gasteiger partial charge in [0.15, 0.2) is 0 Å². The second-order valence-electron chi connectivity index (χ2n) is 5.14. The summed E-state index contributed by atoms with van der Waals surface area (Å²) in [6.45, 7) is 2.86. The van der Waals surface area contributed by atoms with Gasteiger partial charge >= 0.3 is 0 Å². The van der Waals surface area contributed by atoms with E-state index >= 15 is 0 Å². The molecule has 0 unspecified atom stereocenters. The molecule has 0 radical (unpaired) electrons. The van der Waals surface area contributed by atoms with E-state index in [4.69, 9.17) is 16.3 Å². The smallest absolute Gasteiger partial charge is 0.240 e. The van der Waals surface area contributed by atoms with Crippen LogP contribution in [0.4, 0.5) is 0 Å².